The average molecular weight is 287 g/mol. The van der Waals surface area contributed by atoms with Gasteiger partial charge in [-0.15, -0.1) is 0 Å². The van der Waals surface area contributed by atoms with Gasteiger partial charge in [-0.25, -0.2) is 0 Å². The number of anilines is 1. The minimum absolute atomic E-state index is 0.00789. The van der Waals surface area contributed by atoms with E-state index in [9.17, 15) is 19.8 Å². The maximum Gasteiger partial charge on any atom is 0.307 e. The normalized spacial score (nSPS) is 29.6. The molecule has 5 nitrogen and oxygen atoms in total. The number of fused-ring (bicyclic) bond motifs is 2. The molecule has 110 valence electrons. The lowest BCUT2D eigenvalue weighted by Crippen LogP contribution is -2.36. The van der Waals surface area contributed by atoms with E-state index in [2.05, 4.69) is 5.32 Å². The number of aromatic hydroxyl groups is 1. The van der Waals surface area contributed by atoms with Crippen LogP contribution in [-0.2, 0) is 9.59 Å². The van der Waals surface area contributed by atoms with Crippen molar-refractivity contribution in [2.45, 2.75) is 13.3 Å². The maximum atomic E-state index is 12.5. The van der Waals surface area contributed by atoms with Crippen LogP contribution in [0.3, 0.4) is 0 Å². The number of carbonyl (C=O) groups is 2. The first-order chi connectivity index (χ1) is 9.97. The molecule has 1 fully saturated rings. The Morgan fingerprint density at radius 1 is 1.19 bits per heavy atom. The number of hydrogen-bond donors (Lipinski definition) is 3. The fraction of sp³-hybridized carbons (Fsp3) is 0.375. The van der Waals surface area contributed by atoms with Crippen LogP contribution in [0.15, 0.2) is 30.4 Å². The lowest BCUT2D eigenvalue weighted by atomic mass is 9.82. The van der Waals surface area contributed by atoms with E-state index in [1.807, 2.05) is 12.2 Å². The maximum absolute atomic E-state index is 12.5. The van der Waals surface area contributed by atoms with Crippen LogP contribution in [-0.4, -0.2) is 22.1 Å². The Hall–Kier alpha value is -2.30. The fourth-order valence-electron chi connectivity index (χ4n) is 3.52. The zero-order chi connectivity index (χ0) is 15.1. The molecule has 0 radical (unpaired) electrons. The summed E-state index contributed by atoms with van der Waals surface area (Å²) in [5, 5.41) is 21.6. The Morgan fingerprint density at radius 2 is 1.86 bits per heavy atom. The highest BCUT2D eigenvalue weighted by Gasteiger charge is 2.51. The fourth-order valence-corrected chi connectivity index (χ4v) is 3.52. The van der Waals surface area contributed by atoms with Crippen LogP contribution in [0, 0.1) is 30.6 Å². The number of rotatable bonds is 3. The van der Waals surface area contributed by atoms with Crippen LogP contribution in [0.2, 0.25) is 0 Å². The topological polar surface area (TPSA) is 86.6 Å². The largest absolute Gasteiger partial charge is 0.508 e. The van der Waals surface area contributed by atoms with Gasteiger partial charge in [0, 0.05) is 5.69 Å². The summed E-state index contributed by atoms with van der Waals surface area (Å²) in [6.07, 6.45) is 4.61. The molecule has 21 heavy (non-hydrogen) atoms. The monoisotopic (exact) mass is 287 g/mol. The minimum atomic E-state index is -0.908. The van der Waals surface area contributed by atoms with Crippen LogP contribution >= 0.6 is 0 Å². The molecule has 2 aliphatic carbocycles. The molecule has 2 aliphatic rings. The molecule has 4 atom stereocenters. The second-order valence-electron chi connectivity index (χ2n) is 5.83. The summed E-state index contributed by atoms with van der Waals surface area (Å²) in [4.78, 5) is 23.9. The Bertz CT molecular complexity index is 637. The van der Waals surface area contributed by atoms with E-state index in [0.717, 1.165) is 12.0 Å². The first-order valence-electron chi connectivity index (χ1n) is 6.99. The number of phenols is 1. The van der Waals surface area contributed by atoms with Crippen molar-refractivity contribution >= 4 is 17.6 Å². The summed E-state index contributed by atoms with van der Waals surface area (Å²) in [5.41, 5.74) is 1.35. The summed E-state index contributed by atoms with van der Waals surface area (Å²) in [6, 6.07) is 4.68. The van der Waals surface area contributed by atoms with Gasteiger partial charge in [0.2, 0.25) is 5.91 Å². The molecule has 1 aromatic carbocycles. The number of hydrogen-bond acceptors (Lipinski definition) is 3. The summed E-state index contributed by atoms with van der Waals surface area (Å²) < 4.78 is 0. The van der Waals surface area contributed by atoms with Crippen LogP contribution < -0.4 is 5.32 Å². The quantitative estimate of drug-likeness (QED) is 0.587. The molecule has 3 N–H and O–H groups in total. The van der Waals surface area contributed by atoms with Gasteiger partial charge in [0.05, 0.1) is 11.8 Å². The van der Waals surface area contributed by atoms with E-state index in [0.29, 0.717) is 5.69 Å². The van der Waals surface area contributed by atoms with Gasteiger partial charge in [0.25, 0.3) is 0 Å². The first-order valence-corrected chi connectivity index (χ1v) is 6.99. The van der Waals surface area contributed by atoms with Gasteiger partial charge < -0.3 is 15.5 Å². The van der Waals surface area contributed by atoms with Crippen molar-refractivity contribution in [2.24, 2.45) is 23.7 Å². The number of phenolic OH excluding ortho intramolecular Hbond substituents is 1. The highest BCUT2D eigenvalue weighted by molar-refractivity contribution is 5.96. The number of nitrogens with one attached hydrogen (secondary N) is 1. The first kappa shape index (κ1) is 13.7. The third-order valence-corrected chi connectivity index (χ3v) is 4.52. The van der Waals surface area contributed by atoms with Gasteiger partial charge in [-0.2, -0.15) is 0 Å². The molecule has 3 rings (SSSR count). The summed E-state index contributed by atoms with van der Waals surface area (Å²) in [7, 11) is 0. The van der Waals surface area contributed by atoms with E-state index in [1.165, 1.54) is 6.07 Å². The van der Waals surface area contributed by atoms with Gasteiger partial charge in [0.1, 0.15) is 5.75 Å². The zero-order valence-corrected chi connectivity index (χ0v) is 11.6. The van der Waals surface area contributed by atoms with Gasteiger partial charge in [-0.1, -0.05) is 12.2 Å². The Balaban J connectivity index is 1.82. The standard InChI is InChI=1S/C16H17NO4/c1-8-6-11(18)4-5-12(8)17-15(19)13-9-2-3-10(7-9)14(13)16(20)21/h2-6,9-10,13-14,18H,7H2,1H3,(H,17,19)(H,20,21). The van der Waals surface area contributed by atoms with Gasteiger partial charge in [-0.05, 0) is 48.9 Å². The van der Waals surface area contributed by atoms with E-state index < -0.39 is 17.8 Å². The number of carboxylic acids is 1. The number of aryl methyl sites for hydroxylation is 1. The highest BCUT2D eigenvalue weighted by atomic mass is 16.4. The minimum Gasteiger partial charge on any atom is -0.508 e. The molecule has 1 amide bonds. The van der Waals surface area contributed by atoms with Gasteiger partial charge in [-0.3, -0.25) is 9.59 Å². The molecule has 1 aromatic rings. The number of carboxylic acid groups (broad SMARTS) is 1. The molecule has 0 spiro atoms. The number of aliphatic carboxylic acids is 1. The molecule has 0 aromatic heterocycles. The Labute approximate surface area is 122 Å². The van der Waals surface area contributed by atoms with E-state index in [4.69, 9.17) is 0 Å². The SMILES string of the molecule is Cc1cc(O)ccc1NC(=O)C1C2C=CC(C2)C1C(=O)O. The Kier molecular flexibility index (Phi) is 3.20. The van der Waals surface area contributed by atoms with Crippen molar-refractivity contribution in [1.29, 1.82) is 0 Å². The molecule has 2 bridgehead atoms. The molecule has 0 heterocycles. The van der Waals surface area contributed by atoms with Gasteiger partial charge >= 0.3 is 5.97 Å². The van der Waals surface area contributed by atoms with Crippen molar-refractivity contribution in [2.75, 3.05) is 5.32 Å². The number of amides is 1. The summed E-state index contributed by atoms with van der Waals surface area (Å²) in [6.45, 7) is 1.78. The average Bonchev–Trinajstić information content (AvgIpc) is 3.02. The molecule has 0 aliphatic heterocycles. The predicted octanol–water partition coefficient (Wildman–Crippen LogP) is 2.16. The molecule has 1 saturated carbocycles. The lowest BCUT2D eigenvalue weighted by molar-refractivity contribution is -0.146. The zero-order valence-electron chi connectivity index (χ0n) is 11.6. The van der Waals surface area contributed by atoms with Crippen LogP contribution in [0.4, 0.5) is 5.69 Å². The van der Waals surface area contributed by atoms with Crippen LogP contribution in [0.1, 0.15) is 12.0 Å². The Morgan fingerprint density at radius 3 is 2.48 bits per heavy atom. The van der Waals surface area contributed by atoms with Crippen LogP contribution in [0.5, 0.6) is 5.75 Å². The van der Waals surface area contributed by atoms with E-state index in [-0.39, 0.29) is 23.5 Å². The second-order valence-corrected chi connectivity index (χ2v) is 5.83. The summed E-state index contributed by atoms with van der Waals surface area (Å²) >= 11 is 0. The van der Waals surface area contributed by atoms with E-state index in [1.54, 1.807) is 19.1 Å². The van der Waals surface area contributed by atoms with Crippen molar-refractivity contribution in [3.63, 3.8) is 0 Å². The smallest absolute Gasteiger partial charge is 0.307 e. The number of allylic oxidation sites excluding steroid dienone is 2. The van der Waals surface area contributed by atoms with Gasteiger partial charge in [0.15, 0.2) is 0 Å². The molecule has 4 unspecified atom stereocenters. The predicted molar refractivity (Wildman–Crippen MR) is 76.8 cm³/mol. The molecular formula is C16H17NO4. The van der Waals surface area contributed by atoms with Crippen molar-refractivity contribution < 1.29 is 19.8 Å². The second kappa shape index (κ2) is 4.91. The number of carbonyl (C=O) groups excluding carboxylic acids is 1. The molecule has 5 heteroatoms. The number of benzene rings is 1. The van der Waals surface area contributed by atoms with Crippen molar-refractivity contribution in [3.05, 3.63) is 35.9 Å². The van der Waals surface area contributed by atoms with E-state index >= 15 is 0 Å². The van der Waals surface area contributed by atoms with Crippen molar-refractivity contribution in [3.8, 4) is 5.75 Å². The third kappa shape index (κ3) is 2.28. The third-order valence-electron chi connectivity index (χ3n) is 4.52. The van der Waals surface area contributed by atoms with Crippen molar-refractivity contribution in [1.82, 2.24) is 0 Å². The highest BCUT2D eigenvalue weighted by Crippen LogP contribution is 2.48. The lowest BCUT2D eigenvalue weighted by Gasteiger charge is -2.24. The summed E-state index contributed by atoms with van der Waals surface area (Å²) in [5.74, 6) is -2.22. The molecular weight excluding hydrogens is 270 g/mol. The van der Waals surface area contributed by atoms with Crippen LogP contribution in [0.25, 0.3) is 0 Å². The molecule has 0 saturated heterocycles.